The Morgan fingerprint density at radius 3 is 2.71 bits per heavy atom. The molecular formula is C28H28F6N4O2S. The average Bonchev–Trinajstić information content (AvgIpc) is 3.25. The number of benzene rings is 2. The normalized spacial score (nSPS) is 17.6. The van der Waals surface area contributed by atoms with Crippen molar-refractivity contribution in [2.45, 2.75) is 31.2 Å². The summed E-state index contributed by atoms with van der Waals surface area (Å²) >= 11 is 1.07. The topological polar surface area (TPSA) is 65.6 Å². The smallest absolute Gasteiger partial charge is 0.393 e. The van der Waals surface area contributed by atoms with Crippen molar-refractivity contribution in [2.24, 2.45) is 0 Å². The fourth-order valence-electron chi connectivity index (χ4n) is 4.62. The Bertz CT molecular complexity index is 1470. The standard InChI is InChI=1S/C28H28F6N4O2S/c1-35-27(39)17-11-24(40-15-29)23(12-19(17)30)36-9-4-7-25-18(13-28(32,33)34)16-5-3-6-22(26(16)41-25)37-21-8-10-38(2)14-20(21)31/h3,5-6,11-12,20-21,36-37H,8-10,13-15H2,1-2H3,(H,35,39). The Hall–Kier alpha value is -3.63. The molecule has 0 bridgehead atoms. The number of nitrogens with zero attached hydrogens (tertiary/aromatic N) is 1. The zero-order valence-electron chi connectivity index (χ0n) is 22.2. The first-order valence-corrected chi connectivity index (χ1v) is 13.5. The Kier molecular flexibility index (Phi) is 9.55. The van der Waals surface area contributed by atoms with Crippen LogP contribution in [0, 0.1) is 17.7 Å². The van der Waals surface area contributed by atoms with E-state index in [1.165, 1.54) is 7.05 Å². The number of thiophene rings is 1. The van der Waals surface area contributed by atoms with Crippen molar-refractivity contribution in [1.82, 2.24) is 10.2 Å². The molecule has 2 atom stereocenters. The Morgan fingerprint density at radius 1 is 1.24 bits per heavy atom. The molecule has 1 aliphatic heterocycles. The molecule has 1 aromatic heterocycles. The maximum atomic E-state index is 14.7. The van der Waals surface area contributed by atoms with Crippen molar-refractivity contribution in [3.8, 4) is 17.6 Å². The first-order chi connectivity index (χ1) is 19.5. The number of hydrogen-bond acceptors (Lipinski definition) is 6. The van der Waals surface area contributed by atoms with E-state index in [9.17, 15) is 31.1 Å². The third-order valence-electron chi connectivity index (χ3n) is 6.60. The summed E-state index contributed by atoms with van der Waals surface area (Å²) in [5.41, 5.74) is 0.216. The lowest BCUT2D eigenvalue weighted by atomic mass is 10.0. The monoisotopic (exact) mass is 598 g/mol. The number of rotatable bonds is 8. The first-order valence-electron chi connectivity index (χ1n) is 12.7. The second-order valence-electron chi connectivity index (χ2n) is 9.52. The molecule has 3 aromatic rings. The average molecular weight is 599 g/mol. The molecular weight excluding hydrogens is 570 g/mol. The fraction of sp³-hybridized carbons (Fsp3) is 0.393. The van der Waals surface area contributed by atoms with Crippen molar-refractivity contribution in [1.29, 1.82) is 0 Å². The van der Waals surface area contributed by atoms with Gasteiger partial charge in [0.15, 0.2) is 0 Å². The second kappa shape index (κ2) is 12.9. The minimum absolute atomic E-state index is 0.0104. The van der Waals surface area contributed by atoms with E-state index in [-0.39, 0.29) is 40.5 Å². The van der Waals surface area contributed by atoms with Gasteiger partial charge in [0.1, 0.15) is 17.7 Å². The van der Waals surface area contributed by atoms with E-state index in [4.69, 9.17) is 4.74 Å². The minimum atomic E-state index is -4.49. The Labute approximate surface area is 237 Å². The predicted molar refractivity (Wildman–Crippen MR) is 148 cm³/mol. The molecule has 2 unspecified atom stereocenters. The molecule has 0 spiro atoms. The van der Waals surface area contributed by atoms with Gasteiger partial charge < -0.3 is 25.6 Å². The number of fused-ring (bicyclic) bond motifs is 1. The highest BCUT2D eigenvalue weighted by molar-refractivity contribution is 7.20. The molecule has 0 saturated carbocycles. The van der Waals surface area contributed by atoms with Gasteiger partial charge in [-0.25, -0.2) is 13.2 Å². The number of carbonyl (C=O) groups is 1. The van der Waals surface area contributed by atoms with Gasteiger partial charge in [-0.2, -0.15) is 13.2 Å². The molecule has 1 saturated heterocycles. The molecule has 3 N–H and O–H groups in total. The number of halogens is 6. The molecule has 4 rings (SSSR count). The van der Waals surface area contributed by atoms with Gasteiger partial charge in [-0.1, -0.05) is 24.0 Å². The first kappa shape index (κ1) is 30.3. The van der Waals surface area contributed by atoms with Crippen LogP contribution in [0.25, 0.3) is 10.1 Å². The number of alkyl halides is 5. The zero-order chi connectivity index (χ0) is 29.7. The van der Waals surface area contributed by atoms with Gasteiger partial charge in [0.25, 0.3) is 5.91 Å². The number of amides is 1. The summed E-state index contributed by atoms with van der Waals surface area (Å²) in [6.45, 7) is -0.431. The summed E-state index contributed by atoms with van der Waals surface area (Å²) in [6, 6.07) is 6.44. The van der Waals surface area contributed by atoms with Crippen LogP contribution >= 0.6 is 11.3 Å². The van der Waals surface area contributed by atoms with Crippen LogP contribution in [-0.4, -0.2) is 69.8 Å². The number of carbonyl (C=O) groups excluding carboxylic acids is 1. The molecule has 1 aliphatic rings. The summed E-state index contributed by atoms with van der Waals surface area (Å²) < 4.78 is 88.0. The molecule has 0 radical (unpaired) electrons. The summed E-state index contributed by atoms with van der Waals surface area (Å²) in [7, 11) is 3.14. The third-order valence-corrected chi connectivity index (χ3v) is 7.80. The summed E-state index contributed by atoms with van der Waals surface area (Å²) in [5.74, 6) is 3.75. The molecule has 41 heavy (non-hydrogen) atoms. The van der Waals surface area contributed by atoms with Crippen LogP contribution in [0.1, 0.15) is 27.2 Å². The van der Waals surface area contributed by atoms with Gasteiger partial charge in [-0.3, -0.25) is 4.79 Å². The van der Waals surface area contributed by atoms with E-state index in [2.05, 4.69) is 27.8 Å². The highest BCUT2D eigenvalue weighted by Gasteiger charge is 2.32. The van der Waals surface area contributed by atoms with Crippen molar-refractivity contribution >= 4 is 38.7 Å². The maximum absolute atomic E-state index is 14.7. The minimum Gasteiger partial charge on any atom is -0.461 e. The number of hydrogen-bond donors (Lipinski definition) is 3. The van der Waals surface area contributed by atoms with Gasteiger partial charge in [0.05, 0.1) is 45.5 Å². The van der Waals surface area contributed by atoms with Crippen molar-refractivity contribution in [3.63, 3.8) is 0 Å². The second-order valence-corrected chi connectivity index (χ2v) is 10.5. The van der Waals surface area contributed by atoms with E-state index in [1.54, 1.807) is 18.2 Å². The van der Waals surface area contributed by atoms with Gasteiger partial charge >= 0.3 is 6.18 Å². The largest absolute Gasteiger partial charge is 0.461 e. The van der Waals surface area contributed by atoms with Crippen LogP contribution in [0.4, 0.5) is 37.7 Å². The summed E-state index contributed by atoms with van der Waals surface area (Å²) in [6.07, 6.45) is -6.28. The maximum Gasteiger partial charge on any atom is 0.393 e. The number of anilines is 2. The SMILES string of the molecule is CNC(=O)c1cc(OCF)c(NCC#Cc2sc3c(NC4CCN(C)CC4F)cccc3c2CC(F)(F)F)cc1F. The molecule has 6 nitrogen and oxygen atoms in total. The Morgan fingerprint density at radius 2 is 2.02 bits per heavy atom. The molecule has 1 fully saturated rings. The number of ether oxygens (including phenoxy) is 1. The predicted octanol–water partition coefficient (Wildman–Crippen LogP) is 5.73. The van der Waals surface area contributed by atoms with Crippen molar-refractivity contribution in [2.75, 3.05) is 51.2 Å². The molecule has 1 amide bonds. The van der Waals surface area contributed by atoms with Crippen LogP contribution in [0.2, 0.25) is 0 Å². The van der Waals surface area contributed by atoms with Crippen molar-refractivity contribution in [3.05, 3.63) is 52.2 Å². The lowest BCUT2D eigenvalue weighted by Crippen LogP contribution is -2.46. The molecule has 0 aliphatic carbocycles. The quantitative estimate of drug-likeness (QED) is 0.229. The highest BCUT2D eigenvalue weighted by atomic mass is 32.1. The summed E-state index contributed by atoms with van der Waals surface area (Å²) in [4.78, 5) is 13.9. The lowest BCUT2D eigenvalue weighted by molar-refractivity contribution is -0.126. The number of likely N-dealkylation sites (tertiary alicyclic amines) is 1. The van der Waals surface area contributed by atoms with Gasteiger partial charge in [0, 0.05) is 26.2 Å². The molecule has 2 heterocycles. The van der Waals surface area contributed by atoms with Gasteiger partial charge in [-0.15, -0.1) is 11.3 Å². The number of piperidine rings is 1. The van der Waals surface area contributed by atoms with E-state index in [0.29, 0.717) is 28.7 Å². The number of nitrogens with one attached hydrogen (secondary N) is 3. The zero-order valence-corrected chi connectivity index (χ0v) is 23.0. The van der Waals surface area contributed by atoms with E-state index in [1.807, 2.05) is 11.9 Å². The Balaban J connectivity index is 1.62. The van der Waals surface area contributed by atoms with E-state index < -0.39 is 43.4 Å². The molecule has 2 aromatic carbocycles. The van der Waals surface area contributed by atoms with E-state index in [0.717, 1.165) is 23.5 Å². The third kappa shape index (κ3) is 7.37. The van der Waals surface area contributed by atoms with Crippen LogP contribution in [0.5, 0.6) is 5.75 Å². The summed E-state index contributed by atoms with van der Waals surface area (Å²) in [5, 5.41) is 8.59. The van der Waals surface area contributed by atoms with Crippen molar-refractivity contribution < 1.29 is 35.9 Å². The lowest BCUT2D eigenvalue weighted by Gasteiger charge is -2.33. The van der Waals surface area contributed by atoms with Gasteiger partial charge in [0.2, 0.25) is 6.86 Å². The fourth-order valence-corrected chi connectivity index (χ4v) is 5.79. The molecule has 13 heteroatoms. The van der Waals surface area contributed by atoms with Crippen LogP contribution in [-0.2, 0) is 6.42 Å². The van der Waals surface area contributed by atoms with E-state index >= 15 is 0 Å². The van der Waals surface area contributed by atoms with Crippen LogP contribution in [0.15, 0.2) is 30.3 Å². The highest BCUT2D eigenvalue weighted by Crippen LogP contribution is 2.39. The van der Waals surface area contributed by atoms with Gasteiger partial charge in [-0.05, 0) is 36.6 Å². The van der Waals surface area contributed by atoms with Crippen LogP contribution in [0.3, 0.4) is 0 Å². The van der Waals surface area contributed by atoms with Crippen LogP contribution < -0.4 is 20.7 Å². The molecule has 220 valence electrons.